The Morgan fingerprint density at radius 3 is 2.48 bits per heavy atom. The molecule has 0 amide bonds. The molecule has 120 valence electrons. The van der Waals surface area contributed by atoms with Gasteiger partial charge in [-0.3, -0.25) is 0 Å². The van der Waals surface area contributed by atoms with Gasteiger partial charge in [-0.15, -0.1) is 0 Å². The van der Waals surface area contributed by atoms with Crippen LogP contribution in [0.2, 0.25) is 0 Å². The molecule has 0 aliphatic heterocycles. The van der Waals surface area contributed by atoms with Crippen LogP contribution in [0.15, 0.2) is 59.0 Å². The third-order valence-corrected chi connectivity index (χ3v) is 4.07. The van der Waals surface area contributed by atoms with Gasteiger partial charge < -0.3 is 5.73 Å². The molecule has 0 aromatic heterocycles. The molecule has 0 fully saturated rings. The smallest absolute Gasteiger partial charge is 0.194 e. The third kappa shape index (κ3) is 2.55. The molecule has 0 heterocycles. The molecule has 1 aromatic rings. The lowest BCUT2D eigenvalue weighted by Gasteiger charge is -2.22. The number of alkyl halides is 1. The molecular weight excluding hydrogens is 306 g/mol. The Labute approximate surface area is 130 Å². The lowest BCUT2D eigenvalue weighted by molar-refractivity contribution is 0.338. The van der Waals surface area contributed by atoms with E-state index in [0.29, 0.717) is 30.2 Å². The number of hydrogen-bond donors (Lipinski definition) is 1. The van der Waals surface area contributed by atoms with Gasteiger partial charge in [-0.2, -0.15) is 0 Å². The number of rotatable bonds is 3. The van der Waals surface area contributed by atoms with Crippen molar-refractivity contribution in [1.29, 1.82) is 0 Å². The van der Waals surface area contributed by atoms with Crippen LogP contribution in [0.5, 0.6) is 0 Å². The molecule has 0 saturated carbocycles. The van der Waals surface area contributed by atoms with Gasteiger partial charge in [0.1, 0.15) is 0 Å². The van der Waals surface area contributed by atoms with Crippen molar-refractivity contribution in [1.82, 2.24) is 0 Å². The summed E-state index contributed by atoms with van der Waals surface area (Å²) in [5.74, 6) is -4.82. The Kier molecular flexibility index (Phi) is 4.22. The maximum absolute atomic E-state index is 14.4. The highest BCUT2D eigenvalue weighted by atomic mass is 19.2. The van der Waals surface area contributed by atoms with E-state index in [1.54, 1.807) is 30.3 Å². The molecule has 5 heteroatoms. The van der Waals surface area contributed by atoms with Crippen molar-refractivity contribution < 1.29 is 17.6 Å². The fourth-order valence-corrected chi connectivity index (χ4v) is 2.96. The van der Waals surface area contributed by atoms with Crippen LogP contribution in [0.3, 0.4) is 0 Å². The van der Waals surface area contributed by atoms with Gasteiger partial charge in [0, 0.05) is 11.1 Å². The molecule has 23 heavy (non-hydrogen) atoms. The standard InChI is InChI=1S/C18H15F4N/c19-15-13-8-7-10-4-1-2-5-11(10)12(6-3-9-23)14(13)16(20)18(22)17(15)21/h1-2,4-5,7-8,15H,3,6,9,23H2. The number of fused-ring (bicyclic) bond motifs is 2. The summed E-state index contributed by atoms with van der Waals surface area (Å²) in [6.45, 7) is 0.356. The van der Waals surface area contributed by atoms with E-state index < -0.39 is 23.7 Å². The summed E-state index contributed by atoms with van der Waals surface area (Å²) in [5.41, 5.74) is 5.59. The van der Waals surface area contributed by atoms with Crippen molar-refractivity contribution in [2.75, 3.05) is 6.54 Å². The van der Waals surface area contributed by atoms with Gasteiger partial charge in [0.05, 0.1) is 0 Å². The van der Waals surface area contributed by atoms with Crippen LogP contribution < -0.4 is 16.2 Å². The maximum atomic E-state index is 14.4. The van der Waals surface area contributed by atoms with Crippen LogP contribution in [0.25, 0.3) is 11.6 Å². The zero-order valence-electron chi connectivity index (χ0n) is 12.3. The number of nitrogens with two attached hydrogens (primary N) is 1. The summed E-state index contributed by atoms with van der Waals surface area (Å²) in [5, 5.41) is 1.43. The Hall–Kier alpha value is -2.14. The van der Waals surface area contributed by atoms with Gasteiger partial charge in [-0.05, 0) is 35.4 Å². The van der Waals surface area contributed by atoms with Gasteiger partial charge >= 0.3 is 0 Å². The van der Waals surface area contributed by atoms with Crippen molar-refractivity contribution in [3.8, 4) is 0 Å². The average Bonchev–Trinajstić information content (AvgIpc) is 2.73. The first-order valence-electron chi connectivity index (χ1n) is 7.36. The molecule has 2 aliphatic carbocycles. The molecule has 1 atom stereocenters. The first-order valence-corrected chi connectivity index (χ1v) is 7.36. The summed E-state index contributed by atoms with van der Waals surface area (Å²) < 4.78 is 56.0. The summed E-state index contributed by atoms with van der Waals surface area (Å²) in [6.07, 6.45) is 1.49. The average molecular weight is 321 g/mol. The molecule has 1 nitrogen and oxygen atoms in total. The van der Waals surface area contributed by atoms with E-state index in [0.717, 1.165) is 5.22 Å². The molecular formula is C18H15F4N. The molecule has 0 spiro atoms. The monoisotopic (exact) mass is 321 g/mol. The summed E-state index contributed by atoms with van der Waals surface area (Å²) >= 11 is 0. The van der Waals surface area contributed by atoms with E-state index in [-0.39, 0.29) is 11.1 Å². The van der Waals surface area contributed by atoms with Crippen LogP contribution in [0.4, 0.5) is 17.6 Å². The van der Waals surface area contributed by atoms with Gasteiger partial charge in [0.15, 0.2) is 23.7 Å². The van der Waals surface area contributed by atoms with Crippen molar-refractivity contribution in [3.05, 3.63) is 69.4 Å². The number of benzene rings is 1. The van der Waals surface area contributed by atoms with Crippen LogP contribution in [-0.2, 0) is 0 Å². The molecule has 0 saturated heterocycles. The normalized spacial score (nSPS) is 20.7. The van der Waals surface area contributed by atoms with E-state index in [9.17, 15) is 17.6 Å². The van der Waals surface area contributed by atoms with E-state index in [2.05, 4.69) is 0 Å². The van der Waals surface area contributed by atoms with E-state index in [1.807, 2.05) is 0 Å². The highest BCUT2D eigenvalue weighted by Gasteiger charge is 2.36. The van der Waals surface area contributed by atoms with E-state index in [1.165, 1.54) is 6.08 Å². The molecule has 1 aromatic carbocycles. The molecule has 0 radical (unpaired) electrons. The minimum absolute atomic E-state index is 0.189. The minimum Gasteiger partial charge on any atom is -0.330 e. The highest BCUT2D eigenvalue weighted by molar-refractivity contribution is 5.79. The Morgan fingerprint density at radius 1 is 1.00 bits per heavy atom. The number of halogens is 4. The number of hydrogen-bond acceptors (Lipinski definition) is 1. The lowest BCUT2D eigenvalue weighted by atomic mass is 9.86. The van der Waals surface area contributed by atoms with Gasteiger partial charge in [-0.25, -0.2) is 17.6 Å². The van der Waals surface area contributed by atoms with Crippen LogP contribution in [0.1, 0.15) is 12.8 Å². The third-order valence-electron chi connectivity index (χ3n) is 4.07. The fourth-order valence-electron chi connectivity index (χ4n) is 2.96. The summed E-state index contributed by atoms with van der Waals surface area (Å²) in [7, 11) is 0. The molecule has 2 aliphatic rings. The predicted molar refractivity (Wildman–Crippen MR) is 82.2 cm³/mol. The summed E-state index contributed by atoms with van der Waals surface area (Å²) in [6, 6.07) is 7.11. The Balaban J connectivity index is 2.37. The van der Waals surface area contributed by atoms with Crippen molar-refractivity contribution in [2.24, 2.45) is 5.73 Å². The van der Waals surface area contributed by atoms with Crippen molar-refractivity contribution in [2.45, 2.75) is 19.0 Å². The van der Waals surface area contributed by atoms with Crippen LogP contribution in [0, 0.1) is 0 Å². The predicted octanol–water partition coefficient (Wildman–Crippen LogP) is 3.02. The largest absolute Gasteiger partial charge is 0.330 e. The zero-order valence-corrected chi connectivity index (χ0v) is 12.3. The van der Waals surface area contributed by atoms with Gasteiger partial charge in [0.2, 0.25) is 0 Å². The minimum atomic E-state index is -2.30. The lowest BCUT2D eigenvalue weighted by Crippen LogP contribution is -2.27. The first-order chi connectivity index (χ1) is 11.1. The molecule has 1 unspecified atom stereocenters. The Bertz CT molecular complexity index is 861. The topological polar surface area (TPSA) is 26.0 Å². The highest BCUT2D eigenvalue weighted by Crippen LogP contribution is 2.42. The molecule has 0 bridgehead atoms. The zero-order chi connectivity index (χ0) is 16.6. The quantitative estimate of drug-likeness (QED) is 0.851. The van der Waals surface area contributed by atoms with Crippen molar-refractivity contribution in [3.63, 3.8) is 0 Å². The maximum Gasteiger partial charge on any atom is 0.194 e. The second kappa shape index (κ2) is 6.16. The molecule has 3 rings (SSSR count). The van der Waals surface area contributed by atoms with Gasteiger partial charge in [-0.1, -0.05) is 36.4 Å². The summed E-state index contributed by atoms with van der Waals surface area (Å²) in [4.78, 5) is 0. The van der Waals surface area contributed by atoms with E-state index in [4.69, 9.17) is 5.73 Å². The van der Waals surface area contributed by atoms with Crippen LogP contribution >= 0.6 is 0 Å². The SMILES string of the molecule is NCCCC1=c2ccccc2=CC=C2C1=C(F)C(F)=C(F)C2F. The molecule has 2 N–H and O–H groups in total. The first kappa shape index (κ1) is 15.7. The van der Waals surface area contributed by atoms with Gasteiger partial charge in [0.25, 0.3) is 0 Å². The second-order valence-electron chi connectivity index (χ2n) is 5.46. The van der Waals surface area contributed by atoms with Crippen molar-refractivity contribution >= 4 is 11.6 Å². The van der Waals surface area contributed by atoms with E-state index >= 15 is 0 Å². The fraction of sp³-hybridized carbons (Fsp3) is 0.222. The number of allylic oxidation sites excluding steroid dienone is 6. The van der Waals surface area contributed by atoms with Crippen LogP contribution in [-0.4, -0.2) is 12.7 Å². The Morgan fingerprint density at radius 2 is 1.74 bits per heavy atom. The second-order valence-corrected chi connectivity index (χ2v) is 5.46.